The second-order valence-corrected chi connectivity index (χ2v) is 9.13. The van der Waals surface area contributed by atoms with Crippen molar-refractivity contribution in [1.82, 2.24) is 9.62 Å². The van der Waals surface area contributed by atoms with E-state index in [4.69, 9.17) is 0 Å². The zero-order valence-electron chi connectivity index (χ0n) is 12.4. The molecule has 0 aliphatic carbocycles. The average Bonchev–Trinajstić information content (AvgIpc) is 3.06. The molecule has 2 heterocycles. The Bertz CT molecular complexity index is 660. The van der Waals surface area contributed by atoms with Crippen LogP contribution >= 0.6 is 22.7 Å². The fourth-order valence-corrected chi connectivity index (χ4v) is 5.21. The molecule has 7 heteroatoms. The van der Waals surface area contributed by atoms with Gasteiger partial charge in [-0.3, -0.25) is 0 Å². The van der Waals surface area contributed by atoms with Crippen molar-refractivity contribution >= 4 is 32.7 Å². The van der Waals surface area contributed by atoms with Crippen molar-refractivity contribution in [2.24, 2.45) is 0 Å². The topological polar surface area (TPSA) is 49.4 Å². The number of hydrogen-bond donors (Lipinski definition) is 1. The summed E-state index contributed by atoms with van der Waals surface area (Å²) in [5.74, 6) is 0. The van der Waals surface area contributed by atoms with Crippen LogP contribution in [-0.4, -0.2) is 25.8 Å². The first-order valence-electron chi connectivity index (χ1n) is 6.69. The first-order chi connectivity index (χ1) is 9.91. The maximum absolute atomic E-state index is 12.7. The van der Waals surface area contributed by atoms with Gasteiger partial charge in [0, 0.05) is 35.9 Å². The van der Waals surface area contributed by atoms with E-state index in [1.165, 1.54) is 15.6 Å². The average molecular weight is 345 g/mol. The van der Waals surface area contributed by atoms with E-state index in [-0.39, 0.29) is 0 Å². The lowest BCUT2D eigenvalue weighted by Crippen LogP contribution is -2.28. The zero-order valence-corrected chi connectivity index (χ0v) is 14.8. The lowest BCUT2D eigenvalue weighted by molar-refractivity contribution is 0.468. The van der Waals surface area contributed by atoms with Gasteiger partial charge in [-0.2, -0.15) is 4.31 Å². The maximum atomic E-state index is 12.7. The van der Waals surface area contributed by atoms with Gasteiger partial charge >= 0.3 is 0 Å². The molecule has 0 saturated carbocycles. The number of hydrogen-bond acceptors (Lipinski definition) is 5. The molecule has 2 rings (SSSR count). The van der Waals surface area contributed by atoms with Crippen LogP contribution in [-0.2, 0) is 23.1 Å². The van der Waals surface area contributed by atoms with Gasteiger partial charge in [0.15, 0.2) is 0 Å². The predicted octanol–water partition coefficient (Wildman–Crippen LogP) is 3.13. The molecule has 0 fully saturated rings. The molecule has 0 bridgehead atoms. The van der Waals surface area contributed by atoms with Crippen LogP contribution < -0.4 is 5.32 Å². The molecule has 116 valence electrons. The summed E-state index contributed by atoms with van der Waals surface area (Å²) in [4.78, 5) is 2.32. The van der Waals surface area contributed by atoms with E-state index < -0.39 is 10.0 Å². The van der Waals surface area contributed by atoms with Crippen molar-refractivity contribution in [3.05, 3.63) is 38.7 Å². The summed E-state index contributed by atoms with van der Waals surface area (Å²) in [5, 5.41) is 7.07. The molecule has 2 aromatic rings. The number of thiophene rings is 2. The number of sulfonamides is 1. The maximum Gasteiger partial charge on any atom is 0.244 e. The van der Waals surface area contributed by atoms with Gasteiger partial charge < -0.3 is 5.32 Å². The Kier molecular flexibility index (Phi) is 5.56. The van der Waals surface area contributed by atoms with E-state index in [9.17, 15) is 8.42 Å². The Hall–Kier alpha value is -0.730. The summed E-state index contributed by atoms with van der Waals surface area (Å²) < 4.78 is 26.8. The van der Waals surface area contributed by atoms with Gasteiger partial charge in [0.2, 0.25) is 10.0 Å². The molecule has 0 amide bonds. The lowest BCUT2D eigenvalue weighted by Gasteiger charge is -2.17. The van der Waals surface area contributed by atoms with Crippen LogP contribution in [0.1, 0.15) is 23.6 Å². The lowest BCUT2D eigenvalue weighted by atomic mass is 10.4. The molecule has 21 heavy (non-hydrogen) atoms. The minimum atomic E-state index is -3.44. The molecule has 0 spiro atoms. The molecule has 4 nitrogen and oxygen atoms in total. The van der Waals surface area contributed by atoms with Crippen LogP contribution in [0, 0.1) is 0 Å². The standard InChI is InChI=1S/C14H20N2O2S3/c1-11(2)15-9-13-14(6-8-20-13)21(17,18)16(3)10-12-5-4-7-19-12/h4-8,11,15H,9-10H2,1-3H3. The van der Waals surface area contributed by atoms with Crippen LogP contribution in [0.5, 0.6) is 0 Å². The zero-order chi connectivity index (χ0) is 15.5. The minimum Gasteiger partial charge on any atom is -0.310 e. The number of nitrogens with zero attached hydrogens (tertiary/aromatic N) is 1. The van der Waals surface area contributed by atoms with E-state index in [1.54, 1.807) is 24.5 Å². The van der Waals surface area contributed by atoms with E-state index in [2.05, 4.69) is 5.32 Å². The highest BCUT2D eigenvalue weighted by molar-refractivity contribution is 7.89. The van der Waals surface area contributed by atoms with E-state index in [0.29, 0.717) is 24.0 Å². The Labute approximate surface area is 134 Å². The van der Waals surface area contributed by atoms with Crippen LogP contribution in [0.4, 0.5) is 0 Å². The molecule has 2 aromatic heterocycles. The first-order valence-corrected chi connectivity index (χ1v) is 9.89. The number of rotatable bonds is 7. The van der Waals surface area contributed by atoms with Gasteiger partial charge in [0.1, 0.15) is 0 Å². The largest absolute Gasteiger partial charge is 0.310 e. The summed E-state index contributed by atoms with van der Waals surface area (Å²) in [6.07, 6.45) is 0. The van der Waals surface area contributed by atoms with E-state index >= 15 is 0 Å². The molecule has 1 N–H and O–H groups in total. The molecule has 0 radical (unpaired) electrons. The number of nitrogens with one attached hydrogen (secondary N) is 1. The van der Waals surface area contributed by atoms with Crippen molar-refractivity contribution in [2.45, 2.75) is 37.9 Å². The van der Waals surface area contributed by atoms with Crippen LogP contribution in [0.25, 0.3) is 0 Å². The van der Waals surface area contributed by atoms with Gasteiger partial charge in [-0.25, -0.2) is 8.42 Å². The van der Waals surface area contributed by atoms with Crippen LogP contribution in [0.3, 0.4) is 0 Å². The summed E-state index contributed by atoms with van der Waals surface area (Å²) in [7, 11) is -1.81. The molecule has 0 saturated heterocycles. The summed E-state index contributed by atoms with van der Waals surface area (Å²) >= 11 is 3.05. The van der Waals surface area contributed by atoms with Crippen molar-refractivity contribution in [2.75, 3.05) is 7.05 Å². The summed E-state index contributed by atoms with van der Waals surface area (Å²) in [6.45, 7) is 5.08. The molecule has 0 atom stereocenters. The van der Waals surface area contributed by atoms with E-state index in [1.807, 2.05) is 36.7 Å². The van der Waals surface area contributed by atoms with Gasteiger partial charge in [-0.05, 0) is 22.9 Å². The van der Waals surface area contributed by atoms with Crippen LogP contribution in [0.2, 0.25) is 0 Å². The quantitative estimate of drug-likeness (QED) is 0.839. The SMILES string of the molecule is CC(C)NCc1sccc1S(=O)(=O)N(C)Cc1cccs1. The van der Waals surface area contributed by atoms with Crippen molar-refractivity contribution in [3.8, 4) is 0 Å². The van der Waals surface area contributed by atoms with Crippen molar-refractivity contribution < 1.29 is 8.42 Å². The fourth-order valence-electron chi connectivity index (χ4n) is 1.86. The van der Waals surface area contributed by atoms with Gasteiger partial charge in [-0.15, -0.1) is 22.7 Å². The molecule has 0 aliphatic rings. The first kappa shape index (κ1) is 16.6. The molecule has 0 aromatic carbocycles. The highest BCUT2D eigenvalue weighted by atomic mass is 32.2. The van der Waals surface area contributed by atoms with E-state index in [0.717, 1.165) is 9.75 Å². The summed E-state index contributed by atoms with van der Waals surface area (Å²) in [6, 6.07) is 5.91. The predicted molar refractivity (Wildman–Crippen MR) is 89.3 cm³/mol. The molecular weight excluding hydrogens is 324 g/mol. The smallest absolute Gasteiger partial charge is 0.244 e. The van der Waals surface area contributed by atoms with Gasteiger partial charge in [0.25, 0.3) is 0 Å². The Balaban J connectivity index is 2.17. The highest BCUT2D eigenvalue weighted by Crippen LogP contribution is 2.26. The minimum absolute atomic E-state index is 0.325. The van der Waals surface area contributed by atoms with Crippen molar-refractivity contribution in [1.29, 1.82) is 0 Å². The van der Waals surface area contributed by atoms with Crippen LogP contribution in [0.15, 0.2) is 33.9 Å². The Morgan fingerprint density at radius 2 is 2.00 bits per heavy atom. The molecular formula is C14H20N2O2S3. The second kappa shape index (κ2) is 7.02. The Morgan fingerprint density at radius 3 is 2.62 bits per heavy atom. The highest BCUT2D eigenvalue weighted by Gasteiger charge is 2.25. The fraction of sp³-hybridized carbons (Fsp3) is 0.429. The van der Waals surface area contributed by atoms with Gasteiger partial charge in [-0.1, -0.05) is 19.9 Å². The third kappa shape index (κ3) is 4.14. The molecule has 0 unspecified atom stereocenters. The molecule has 0 aliphatic heterocycles. The third-order valence-corrected chi connectivity index (χ3v) is 6.82. The van der Waals surface area contributed by atoms with Crippen molar-refractivity contribution in [3.63, 3.8) is 0 Å². The summed E-state index contributed by atoms with van der Waals surface area (Å²) in [5.41, 5.74) is 0. The second-order valence-electron chi connectivity index (χ2n) is 5.08. The Morgan fingerprint density at radius 1 is 1.24 bits per heavy atom. The third-order valence-electron chi connectivity index (χ3n) is 3.02. The van der Waals surface area contributed by atoms with Gasteiger partial charge in [0.05, 0.1) is 4.90 Å². The normalized spacial score (nSPS) is 12.4. The monoisotopic (exact) mass is 344 g/mol.